The largest absolute Gasteiger partial charge is 0.0654 e. The van der Waals surface area contributed by atoms with Crippen LogP contribution in [0.2, 0.25) is 0 Å². The Morgan fingerprint density at radius 2 is 0.818 bits per heavy atom. The Hall–Kier alpha value is 0. The second kappa shape index (κ2) is 19.0. The molecule has 0 nitrogen and oxygen atoms in total. The number of unbranched alkanes of at least 4 members (excludes halogenated alkanes) is 13. The molecular weight excluding hydrogens is 264 g/mol. The minimum absolute atomic E-state index is 1.02. The van der Waals surface area contributed by atoms with Crippen molar-refractivity contribution in [2.75, 3.05) is 0 Å². The van der Waals surface area contributed by atoms with Gasteiger partial charge in [-0.15, -0.1) is 0 Å². The van der Waals surface area contributed by atoms with E-state index in [9.17, 15) is 0 Å². The average Bonchev–Trinajstić information content (AvgIpc) is 2.54. The summed E-state index contributed by atoms with van der Waals surface area (Å²) in [4.78, 5) is 0. The Bertz CT molecular complexity index is 184. The second-order valence-electron chi connectivity index (χ2n) is 7.45. The third kappa shape index (κ3) is 16.4. The van der Waals surface area contributed by atoms with Crippen LogP contribution in [0.15, 0.2) is 0 Å². The fourth-order valence-corrected chi connectivity index (χ4v) is 3.59. The van der Waals surface area contributed by atoms with Crippen molar-refractivity contribution in [3.8, 4) is 0 Å². The first-order valence-electron chi connectivity index (χ1n) is 10.8. The predicted molar refractivity (Wildman–Crippen MR) is 104 cm³/mol. The molecule has 0 aliphatic carbocycles. The maximum Gasteiger partial charge on any atom is -0.0417 e. The van der Waals surface area contributed by atoms with Crippen molar-refractivity contribution in [3.05, 3.63) is 0 Å². The van der Waals surface area contributed by atoms with Crippen molar-refractivity contribution in [3.63, 3.8) is 0 Å². The van der Waals surface area contributed by atoms with Gasteiger partial charge in [0.25, 0.3) is 0 Å². The Labute approximate surface area is 142 Å². The van der Waals surface area contributed by atoms with E-state index in [-0.39, 0.29) is 0 Å². The van der Waals surface area contributed by atoms with Crippen LogP contribution in [0.25, 0.3) is 0 Å². The molecule has 0 aliphatic rings. The van der Waals surface area contributed by atoms with E-state index in [1.54, 1.807) is 0 Å². The molecule has 0 amide bonds. The van der Waals surface area contributed by atoms with Crippen molar-refractivity contribution in [2.45, 2.75) is 136 Å². The van der Waals surface area contributed by atoms with Gasteiger partial charge in [-0.1, -0.05) is 136 Å². The van der Waals surface area contributed by atoms with Crippen LogP contribution in [-0.2, 0) is 0 Å². The van der Waals surface area contributed by atoms with Crippen LogP contribution in [-0.4, -0.2) is 0 Å². The highest BCUT2D eigenvalue weighted by molar-refractivity contribution is 4.57. The SMILES string of the molecule is CCCCCCCCCCCCCCCCC(CC)CCC. The lowest BCUT2D eigenvalue weighted by molar-refractivity contribution is 0.407. The fourth-order valence-electron chi connectivity index (χ4n) is 3.59. The summed E-state index contributed by atoms with van der Waals surface area (Å²) in [7, 11) is 0. The molecule has 1 unspecified atom stereocenters. The van der Waals surface area contributed by atoms with Gasteiger partial charge in [0.2, 0.25) is 0 Å². The molecule has 1 atom stereocenters. The molecule has 134 valence electrons. The minimum atomic E-state index is 1.02. The van der Waals surface area contributed by atoms with Crippen LogP contribution in [0.3, 0.4) is 0 Å². The summed E-state index contributed by atoms with van der Waals surface area (Å²) < 4.78 is 0. The lowest BCUT2D eigenvalue weighted by atomic mass is 9.94. The Morgan fingerprint density at radius 1 is 0.409 bits per heavy atom. The zero-order valence-corrected chi connectivity index (χ0v) is 16.3. The van der Waals surface area contributed by atoms with E-state index in [1.165, 1.54) is 116 Å². The molecule has 0 aromatic carbocycles. The van der Waals surface area contributed by atoms with Gasteiger partial charge in [-0.05, 0) is 5.92 Å². The third-order valence-corrected chi connectivity index (χ3v) is 5.24. The molecule has 22 heavy (non-hydrogen) atoms. The van der Waals surface area contributed by atoms with E-state index in [2.05, 4.69) is 20.8 Å². The quantitative estimate of drug-likeness (QED) is 0.222. The number of rotatable bonds is 18. The molecule has 0 saturated carbocycles. The van der Waals surface area contributed by atoms with Crippen molar-refractivity contribution in [1.82, 2.24) is 0 Å². The summed E-state index contributed by atoms with van der Waals surface area (Å²) in [5.41, 5.74) is 0. The van der Waals surface area contributed by atoms with Crippen LogP contribution in [0.4, 0.5) is 0 Å². The minimum Gasteiger partial charge on any atom is -0.0654 e. The Morgan fingerprint density at radius 3 is 1.18 bits per heavy atom. The zero-order chi connectivity index (χ0) is 16.3. The van der Waals surface area contributed by atoms with E-state index in [0.717, 1.165) is 5.92 Å². The van der Waals surface area contributed by atoms with Crippen LogP contribution >= 0.6 is 0 Å². The summed E-state index contributed by atoms with van der Waals surface area (Å²) in [5.74, 6) is 1.02. The van der Waals surface area contributed by atoms with Crippen molar-refractivity contribution < 1.29 is 0 Å². The normalized spacial score (nSPS) is 12.7. The summed E-state index contributed by atoms with van der Waals surface area (Å²) in [5, 5.41) is 0. The van der Waals surface area contributed by atoms with E-state index in [0.29, 0.717) is 0 Å². The molecule has 0 saturated heterocycles. The molecule has 0 spiro atoms. The Balaban J connectivity index is 3.08. The molecule has 0 aromatic heterocycles. The topological polar surface area (TPSA) is 0 Å². The molecule has 0 bridgehead atoms. The third-order valence-electron chi connectivity index (χ3n) is 5.24. The highest BCUT2D eigenvalue weighted by Crippen LogP contribution is 2.19. The first-order valence-corrected chi connectivity index (χ1v) is 10.8. The van der Waals surface area contributed by atoms with Gasteiger partial charge < -0.3 is 0 Å². The van der Waals surface area contributed by atoms with Crippen LogP contribution in [0.1, 0.15) is 136 Å². The van der Waals surface area contributed by atoms with Crippen LogP contribution < -0.4 is 0 Å². The molecule has 0 radical (unpaired) electrons. The van der Waals surface area contributed by atoms with Gasteiger partial charge in [-0.3, -0.25) is 0 Å². The molecule has 0 fully saturated rings. The van der Waals surface area contributed by atoms with E-state index in [1.807, 2.05) is 0 Å². The highest BCUT2D eigenvalue weighted by Gasteiger charge is 2.04. The summed E-state index contributed by atoms with van der Waals surface area (Å²) in [6, 6.07) is 0. The second-order valence-corrected chi connectivity index (χ2v) is 7.45. The van der Waals surface area contributed by atoms with Gasteiger partial charge in [0.05, 0.1) is 0 Å². The maximum atomic E-state index is 2.37. The molecular formula is C22H46. The van der Waals surface area contributed by atoms with Crippen molar-refractivity contribution in [1.29, 1.82) is 0 Å². The molecule has 0 heterocycles. The van der Waals surface area contributed by atoms with Crippen LogP contribution in [0.5, 0.6) is 0 Å². The number of hydrogen-bond donors (Lipinski definition) is 0. The maximum absolute atomic E-state index is 2.37. The molecule has 0 aliphatic heterocycles. The molecule has 0 aromatic rings. The van der Waals surface area contributed by atoms with Crippen LogP contribution in [0, 0.1) is 5.92 Å². The first kappa shape index (κ1) is 22.0. The smallest absolute Gasteiger partial charge is 0.0417 e. The van der Waals surface area contributed by atoms with Gasteiger partial charge in [0.1, 0.15) is 0 Å². The Kier molecular flexibility index (Phi) is 19.0. The highest BCUT2D eigenvalue weighted by atomic mass is 14.1. The van der Waals surface area contributed by atoms with E-state index < -0.39 is 0 Å². The van der Waals surface area contributed by atoms with Gasteiger partial charge in [-0.25, -0.2) is 0 Å². The van der Waals surface area contributed by atoms with E-state index >= 15 is 0 Å². The first-order chi connectivity index (χ1) is 10.8. The van der Waals surface area contributed by atoms with Gasteiger partial charge in [-0.2, -0.15) is 0 Å². The molecule has 0 N–H and O–H groups in total. The van der Waals surface area contributed by atoms with Gasteiger partial charge in [0.15, 0.2) is 0 Å². The summed E-state index contributed by atoms with van der Waals surface area (Å²) in [6.45, 7) is 6.99. The zero-order valence-electron chi connectivity index (χ0n) is 16.3. The lowest BCUT2D eigenvalue weighted by Gasteiger charge is -2.13. The monoisotopic (exact) mass is 310 g/mol. The molecule has 0 rings (SSSR count). The summed E-state index contributed by atoms with van der Waals surface area (Å²) >= 11 is 0. The van der Waals surface area contributed by atoms with Gasteiger partial charge in [0, 0.05) is 0 Å². The van der Waals surface area contributed by atoms with Crippen molar-refractivity contribution >= 4 is 0 Å². The number of hydrogen-bond acceptors (Lipinski definition) is 0. The van der Waals surface area contributed by atoms with E-state index in [4.69, 9.17) is 0 Å². The predicted octanol–water partition coefficient (Wildman–Crippen LogP) is 8.68. The molecule has 0 heteroatoms. The summed E-state index contributed by atoms with van der Waals surface area (Å²) in [6.07, 6.45) is 26.3. The standard InChI is InChI=1S/C22H46/c1-4-7-8-9-10-11-12-13-14-15-16-17-18-19-21-22(6-3)20-5-2/h22H,4-21H2,1-3H3. The fraction of sp³-hybridized carbons (Fsp3) is 1.00. The van der Waals surface area contributed by atoms with Crippen molar-refractivity contribution in [2.24, 2.45) is 5.92 Å². The lowest BCUT2D eigenvalue weighted by Crippen LogP contribution is -1.97. The van der Waals surface area contributed by atoms with Gasteiger partial charge >= 0.3 is 0 Å². The average molecular weight is 311 g/mol.